The molecule has 0 fully saturated rings. The summed E-state index contributed by atoms with van der Waals surface area (Å²) in [7, 11) is 0. The molecule has 0 atom stereocenters. The van der Waals surface area contributed by atoms with Crippen LogP contribution in [0.1, 0.15) is 57.6 Å². The highest BCUT2D eigenvalue weighted by atomic mass is 16.1. The first-order valence-corrected chi connectivity index (χ1v) is 12.3. The number of carbonyl (C=O) groups is 1. The Morgan fingerprint density at radius 2 is 1.19 bits per heavy atom. The summed E-state index contributed by atoms with van der Waals surface area (Å²) in [6.45, 7) is 8.29. The first-order chi connectivity index (χ1) is 15.6. The molecule has 0 spiro atoms. The van der Waals surface area contributed by atoms with E-state index in [1.165, 1.54) is 58.6 Å². The van der Waals surface area contributed by atoms with Gasteiger partial charge < -0.3 is 9.13 Å². The lowest BCUT2D eigenvalue weighted by molar-refractivity contribution is -0.120. The third kappa shape index (κ3) is 4.67. The number of nitrogens with zero attached hydrogens (tertiary/aromatic N) is 2. The molecule has 2 heterocycles. The van der Waals surface area contributed by atoms with Gasteiger partial charge in [-0.1, -0.05) is 63.1 Å². The fourth-order valence-corrected chi connectivity index (χ4v) is 4.89. The Bertz CT molecular complexity index is 1110. The van der Waals surface area contributed by atoms with Crippen LogP contribution in [-0.2, 0) is 30.7 Å². The molecule has 0 aliphatic carbocycles. The van der Waals surface area contributed by atoms with Crippen molar-refractivity contribution in [2.24, 2.45) is 5.92 Å². The van der Waals surface area contributed by atoms with Gasteiger partial charge in [-0.15, -0.1) is 0 Å². The van der Waals surface area contributed by atoms with Crippen molar-refractivity contribution in [3.05, 3.63) is 72.1 Å². The number of hydrogen-bond acceptors (Lipinski definition) is 1. The number of para-hydroxylation sites is 2. The Kier molecular flexibility index (Phi) is 7.14. The van der Waals surface area contributed by atoms with Crippen LogP contribution in [0.3, 0.4) is 0 Å². The van der Waals surface area contributed by atoms with Crippen LogP contribution in [0.5, 0.6) is 0 Å². The zero-order valence-electron chi connectivity index (χ0n) is 19.8. The summed E-state index contributed by atoms with van der Waals surface area (Å²) >= 11 is 0. The summed E-state index contributed by atoms with van der Waals surface area (Å²) in [5.74, 6) is 0.270. The van der Waals surface area contributed by atoms with Gasteiger partial charge in [0.1, 0.15) is 5.78 Å². The number of fused-ring (bicyclic) bond motifs is 2. The Morgan fingerprint density at radius 3 is 1.59 bits per heavy atom. The monoisotopic (exact) mass is 428 g/mol. The van der Waals surface area contributed by atoms with Crippen LogP contribution in [0.15, 0.2) is 60.9 Å². The van der Waals surface area contributed by atoms with Crippen molar-refractivity contribution in [2.75, 3.05) is 0 Å². The molecule has 0 unspecified atom stereocenters. The van der Waals surface area contributed by atoms with E-state index in [0.29, 0.717) is 0 Å². The Balaban J connectivity index is 1.64. The van der Waals surface area contributed by atoms with Gasteiger partial charge in [0.15, 0.2) is 0 Å². The third-order valence-electron chi connectivity index (χ3n) is 6.75. The molecule has 0 aliphatic heterocycles. The maximum absolute atomic E-state index is 12.8. The van der Waals surface area contributed by atoms with E-state index < -0.39 is 0 Å². The fraction of sp³-hybridized carbons (Fsp3) is 0.414. The molecule has 3 nitrogen and oxygen atoms in total. The van der Waals surface area contributed by atoms with Gasteiger partial charge in [-0.25, -0.2) is 0 Å². The molecule has 4 rings (SSSR count). The van der Waals surface area contributed by atoms with Crippen LogP contribution in [0.2, 0.25) is 0 Å². The first kappa shape index (κ1) is 22.4. The molecule has 2 aromatic carbocycles. The predicted octanol–water partition coefficient (Wildman–Crippen LogP) is 7.19. The fourth-order valence-electron chi connectivity index (χ4n) is 4.89. The Morgan fingerprint density at radius 1 is 0.750 bits per heavy atom. The average Bonchev–Trinajstić information content (AvgIpc) is 3.34. The molecule has 0 bridgehead atoms. The summed E-state index contributed by atoms with van der Waals surface area (Å²) in [4.78, 5) is 12.8. The lowest BCUT2D eigenvalue weighted by atomic mass is 9.89. The van der Waals surface area contributed by atoms with Crippen LogP contribution >= 0.6 is 0 Å². The molecule has 0 aliphatic rings. The zero-order valence-corrected chi connectivity index (χ0v) is 19.8. The van der Waals surface area contributed by atoms with Gasteiger partial charge in [-0.3, -0.25) is 4.79 Å². The molecular formula is C29H36N2O. The van der Waals surface area contributed by atoms with Crippen LogP contribution in [-0.4, -0.2) is 14.9 Å². The van der Waals surface area contributed by atoms with Crippen LogP contribution < -0.4 is 0 Å². The second-order valence-corrected chi connectivity index (χ2v) is 9.15. The van der Waals surface area contributed by atoms with Crippen molar-refractivity contribution in [3.63, 3.8) is 0 Å². The Labute approximate surface area is 192 Å². The minimum atomic E-state index is -0.00846. The molecule has 4 aromatic rings. The molecule has 0 amide bonds. The SMILES string of the molecule is CCCCn1cc(CC(Cc2cn(CCCC)c3ccccc23)C(C)=O)c2ccccc21. The van der Waals surface area contributed by atoms with Gasteiger partial charge >= 0.3 is 0 Å². The molecule has 0 N–H and O–H groups in total. The third-order valence-corrected chi connectivity index (χ3v) is 6.75. The number of Topliss-reactive ketones (excluding diaryl/α,β-unsaturated/α-hetero) is 1. The summed E-state index contributed by atoms with van der Waals surface area (Å²) < 4.78 is 4.75. The van der Waals surface area contributed by atoms with Gasteiger partial charge in [0.25, 0.3) is 0 Å². The quantitative estimate of drug-likeness (QED) is 0.248. The van der Waals surface area contributed by atoms with E-state index in [2.05, 4.69) is 83.9 Å². The van der Waals surface area contributed by atoms with E-state index >= 15 is 0 Å². The number of ketones is 1. The highest BCUT2D eigenvalue weighted by molar-refractivity contribution is 5.87. The predicted molar refractivity (Wildman–Crippen MR) is 135 cm³/mol. The molecule has 3 heteroatoms. The lowest BCUT2D eigenvalue weighted by Crippen LogP contribution is -2.17. The maximum Gasteiger partial charge on any atom is 0.133 e. The van der Waals surface area contributed by atoms with E-state index in [-0.39, 0.29) is 11.7 Å². The average molecular weight is 429 g/mol. The summed E-state index contributed by atoms with van der Waals surface area (Å²) in [6, 6.07) is 17.3. The van der Waals surface area contributed by atoms with Crippen LogP contribution in [0.4, 0.5) is 0 Å². The second kappa shape index (κ2) is 10.2. The largest absolute Gasteiger partial charge is 0.347 e. The summed E-state index contributed by atoms with van der Waals surface area (Å²) in [6.07, 6.45) is 10.9. The number of carbonyl (C=O) groups excluding carboxylic acids is 1. The highest BCUT2D eigenvalue weighted by Crippen LogP contribution is 2.29. The first-order valence-electron chi connectivity index (χ1n) is 12.3. The van der Waals surface area contributed by atoms with E-state index in [1.54, 1.807) is 6.92 Å². The van der Waals surface area contributed by atoms with Crippen LogP contribution in [0, 0.1) is 5.92 Å². The van der Waals surface area contributed by atoms with Gasteiger partial charge in [0.05, 0.1) is 0 Å². The summed E-state index contributed by atoms with van der Waals surface area (Å²) in [5, 5.41) is 2.58. The standard InChI is InChI=1S/C29H36N2O/c1-4-6-16-30-20-24(26-12-8-10-14-28(26)30)18-23(22(3)32)19-25-21-31(17-7-5-2)29-15-11-9-13-27(25)29/h8-15,20-21,23H,4-7,16-19H2,1-3H3. The lowest BCUT2D eigenvalue weighted by Gasteiger charge is -2.13. The number of unbranched alkanes of at least 4 members (excludes halogenated alkanes) is 2. The van der Waals surface area contributed by atoms with Crippen molar-refractivity contribution in [1.82, 2.24) is 9.13 Å². The zero-order chi connectivity index (χ0) is 22.5. The highest BCUT2D eigenvalue weighted by Gasteiger charge is 2.21. The number of aryl methyl sites for hydroxylation is 2. The molecule has 2 aromatic heterocycles. The molecule has 0 radical (unpaired) electrons. The van der Waals surface area contributed by atoms with Crippen molar-refractivity contribution in [1.29, 1.82) is 0 Å². The number of rotatable bonds is 11. The molecule has 168 valence electrons. The van der Waals surface area contributed by atoms with Gasteiger partial charge in [-0.05, 0) is 55.9 Å². The minimum absolute atomic E-state index is 0.00846. The summed E-state index contributed by atoms with van der Waals surface area (Å²) in [5.41, 5.74) is 5.17. The normalized spacial score (nSPS) is 11.8. The van der Waals surface area contributed by atoms with Crippen LogP contribution in [0.25, 0.3) is 21.8 Å². The van der Waals surface area contributed by atoms with Crippen molar-refractivity contribution < 1.29 is 4.79 Å². The van der Waals surface area contributed by atoms with Gasteiger partial charge in [-0.2, -0.15) is 0 Å². The van der Waals surface area contributed by atoms with Gasteiger partial charge in [0.2, 0.25) is 0 Å². The van der Waals surface area contributed by atoms with E-state index in [4.69, 9.17) is 0 Å². The topological polar surface area (TPSA) is 26.9 Å². The number of benzene rings is 2. The van der Waals surface area contributed by atoms with E-state index in [1.807, 2.05) is 0 Å². The van der Waals surface area contributed by atoms with E-state index in [0.717, 1.165) is 25.9 Å². The Hall–Kier alpha value is -2.81. The molecular weight excluding hydrogens is 392 g/mol. The number of aromatic nitrogens is 2. The van der Waals surface area contributed by atoms with Crippen molar-refractivity contribution >= 4 is 27.6 Å². The molecule has 0 saturated heterocycles. The van der Waals surface area contributed by atoms with Gasteiger partial charge in [0, 0.05) is 53.2 Å². The smallest absolute Gasteiger partial charge is 0.133 e. The van der Waals surface area contributed by atoms with E-state index in [9.17, 15) is 4.79 Å². The van der Waals surface area contributed by atoms with Crippen molar-refractivity contribution in [2.45, 2.75) is 72.4 Å². The maximum atomic E-state index is 12.8. The minimum Gasteiger partial charge on any atom is -0.347 e. The van der Waals surface area contributed by atoms with Crippen molar-refractivity contribution in [3.8, 4) is 0 Å². The molecule has 0 saturated carbocycles. The second-order valence-electron chi connectivity index (χ2n) is 9.15. The number of hydrogen-bond donors (Lipinski definition) is 0. The molecule has 32 heavy (non-hydrogen) atoms.